The van der Waals surface area contributed by atoms with E-state index in [0.717, 1.165) is 22.4 Å². The van der Waals surface area contributed by atoms with Crippen LogP contribution in [0.3, 0.4) is 0 Å². The van der Waals surface area contributed by atoms with Crippen molar-refractivity contribution in [3.05, 3.63) is 41.3 Å². The molecule has 0 saturated carbocycles. The second kappa shape index (κ2) is 9.67. The molecule has 0 saturated heterocycles. The third kappa shape index (κ3) is 5.13. The molecule has 0 unspecified atom stereocenters. The van der Waals surface area contributed by atoms with E-state index in [-0.39, 0.29) is 5.91 Å². The van der Waals surface area contributed by atoms with Gasteiger partial charge in [0.05, 0.1) is 16.8 Å². The summed E-state index contributed by atoms with van der Waals surface area (Å²) in [7, 11) is 1.62. The lowest BCUT2D eigenvalue weighted by atomic mass is 10.1. The third-order valence-electron chi connectivity index (χ3n) is 4.63. The van der Waals surface area contributed by atoms with E-state index in [1.807, 2.05) is 37.6 Å². The third-order valence-corrected chi connectivity index (χ3v) is 4.63. The summed E-state index contributed by atoms with van der Waals surface area (Å²) in [5.74, 6) is 1.67. The van der Waals surface area contributed by atoms with Crippen molar-refractivity contribution in [1.29, 1.82) is 0 Å². The van der Waals surface area contributed by atoms with E-state index in [0.29, 0.717) is 43.7 Å². The number of carbonyl (C=O) groups is 1. The van der Waals surface area contributed by atoms with E-state index >= 15 is 0 Å². The molecule has 0 aliphatic rings. The molecule has 0 atom stereocenters. The van der Waals surface area contributed by atoms with E-state index in [2.05, 4.69) is 39.7 Å². The Morgan fingerprint density at radius 3 is 2.53 bits per heavy atom. The lowest BCUT2D eigenvalue weighted by Crippen LogP contribution is -2.29. The van der Waals surface area contributed by atoms with Crippen molar-refractivity contribution in [2.24, 2.45) is 5.92 Å². The lowest BCUT2D eigenvalue weighted by molar-refractivity contribution is -0.121. The number of nitrogens with zero attached hydrogens (tertiary/aromatic N) is 4. The number of ether oxygens (including phenoxy) is 1. The van der Waals surface area contributed by atoms with E-state index in [1.165, 1.54) is 5.56 Å². The number of aromatic nitrogens is 4. The molecule has 2 aromatic heterocycles. The van der Waals surface area contributed by atoms with Crippen molar-refractivity contribution < 1.29 is 9.53 Å². The number of aryl methyl sites for hydroxylation is 2. The van der Waals surface area contributed by atoms with Gasteiger partial charge in [0.2, 0.25) is 5.91 Å². The molecular formula is C22H30N6O2. The first-order valence-corrected chi connectivity index (χ1v) is 10.2. The smallest absolute Gasteiger partial charge is 0.220 e. The van der Waals surface area contributed by atoms with Gasteiger partial charge < -0.3 is 15.4 Å². The van der Waals surface area contributed by atoms with Gasteiger partial charge in [-0.25, -0.2) is 14.6 Å². The molecule has 3 rings (SSSR count). The maximum absolute atomic E-state index is 11.9. The highest BCUT2D eigenvalue weighted by molar-refractivity contribution is 5.90. The molecule has 0 radical (unpaired) electrons. The highest BCUT2D eigenvalue weighted by Crippen LogP contribution is 2.26. The summed E-state index contributed by atoms with van der Waals surface area (Å²) in [6.45, 7) is 9.43. The van der Waals surface area contributed by atoms with Crippen molar-refractivity contribution in [3.8, 4) is 5.69 Å². The molecular weight excluding hydrogens is 380 g/mol. The highest BCUT2D eigenvalue weighted by atomic mass is 16.5. The number of benzene rings is 1. The minimum atomic E-state index is 0.0584. The molecule has 0 aliphatic carbocycles. The summed E-state index contributed by atoms with van der Waals surface area (Å²) in [6, 6.07) is 8.15. The number of hydrogen-bond donors (Lipinski definition) is 2. The molecule has 0 fully saturated rings. The number of rotatable bonds is 9. The van der Waals surface area contributed by atoms with Crippen LogP contribution in [0, 0.1) is 19.8 Å². The van der Waals surface area contributed by atoms with Crippen LogP contribution in [0.15, 0.2) is 24.3 Å². The number of amides is 1. The molecule has 2 heterocycles. The maximum Gasteiger partial charge on any atom is 0.220 e. The quantitative estimate of drug-likeness (QED) is 0.526. The van der Waals surface area contributed by atoms with Crippen molar-refractivity contribution in [2.45, 2.75) is 40.7 Å². The predicted octanol–water partition coefficient (Wildman–Crippen LogP) is 3.15. The van der Waals surface area contributed by atoms with Gasteiger partial charge in [-0.15, -0.1) is 0 Å². The lowest BCUT2D eigenvalue weighted by Gasteiger charge is -2.11. The summed E-state index contributed by atoms with van der Waals surface area (Å²) < 4.78 is 7.09. The fourth-order valence-electron chi connectivity index (χ4n) is 3.24. The second-order valence-electron chi connectivity index (χ2n) is 7.83. The molecule has 1 aromatic carbocycles. The summed E-state index contributed by atoms with van der Waals surface area (Å²) in [5, 5.41) is 11.8. The van der Waals surface area contributed by atoms with Crippen LogP contribution in [0.1, 0.15) is 37.4 Å². The Labute approximate surface area is 177 Å². The van der Waals surface area contributed by atoms with Crippen molar-refractivity contribution in [2.75, 3.05) is 25.5 Å². The van der Waals surface area contributed by atoms with Gasteiger partial charge in [-0.05, 0) is 31.9 Å². The van der Waals surface area contributed by atoms with Crippen molar-refractivity contribution in [1.82, 2.24) is 25.1 Å². The topological polar surface area (TPSA) is 94.0 Å². The SMILES string of the molecule is COCc1nc(NCCNC(=O)CC(C)C)c2c(C)nn(-c3ccc(C)cc3)c2n1. The van der Waals surface area contributed by atoms with Gasteiger partial charge in [-0.1, -0.05) is 31.5 Å². The number of fused-ring (bicyclic) bond motifs is 1. The van der Waals surface area contributed by atoms with Crippen LogP contribution < -0.4 is 10.6 Å². The fourth-order valence-corrected chi connectivity index (χ4v) is 3.24. The van der Waals surface area contributed by atoms with Crippen LogP contribution in [0.5, 0.6) is 0 Å². The molecule has 3 aromatic rings. The molecule has 1 amide bonds. The predicted molar refractivity (Wildman–Crippen MR) is 118 cm³/mol. The standard InChI is InChI=1S/C22H30N6O2/c1-14(2)12-19(29)23-10-11-24-21-20-16(4)27-28(17-8-6-15(3)7-9-17)22(20)26-18(25-21)13-30-5/h6-9,14H,10-13H2,1-5H3,(H,23,29)(H,24,25,26). The van der Waals surface area contributed by atoms with Gasteiger partial charge in [0.15, 0.2) is 11.5 Å². The largest absolute Gasteiger partial charge is 0.377 e. The molecule has 8 heteroatoms. The summed E-state index contributed by atoms with van der Waals surface area (Å²) in [6.07, 6.45) is 0.526. The van der Waals surface area contributed by atoms with Crippen molar-refractivity contribution in [3.63, 3.8) is 0 Å². The zero-order chi connectivity index (χ0) is 21.7. The van der Waals surface area contributed by atoms with E-state index in [4.69, 9.17) is 9.84 Å². The number of nitrogens with one attached hydrogen (secondary N) is 2. The van der Waals surface area contributed by atoms with Crippen LogP contribution in [0.2, 0.25) is 0 Å². The average molecular weight is 411 g/mol. The van der Waals surface area contributed by atoms with Crippen LogP contribution in [0.4, 0.5) is 5.82 Å². The zero-order valence-electron chi connectivity index (χ0n) is 18.3. The van der Waals surface area contributed by atoms with Gasteiger partial charge in [0.25, 0.3) is 0 Å². The molecule has 0 aliphatic heterocycles. The summed E-state index contributed by atoms with van der Waals surface area (Å²) in [4.78, 5) is 21.2. The summed E-state index contributed by atoms with van der Waals surface area (Å²) >= 11 is 0. The first-order valence-electron chi connectivity index (χ1n) is 10.2. The number of methoxy groups -OCH3 is 1. The Hall–Kier alpha value is -3.00. The molecule has 30 heavy (non-hydrogen) atoms. The second-order valence-corrected chi connectivity index (χ2v) is 7.83. The normalized spacial score (nSPS) is 11.3. The highest BCUT2D eigenvalue weighted by Gasteiger charge is 2.17. The van der Waals surface area contributed by atoms with Crippen LogP contribution in [-0.4, -0.2) is 45.9 Å². The molecule has 0 bridgehead atoms. The van der Waals surface area contributed by atoms with E-state index in [1.54, 1.807) is 7.11 Å². The van der Waals surface area contributed by atoms with Gasteiger partial charge in [0, 0.05) is 26.6 Å². The first kappa shape index (κ1) is 21.7. The number of hydrogen-bond acceptors (Lipinski definition) is 6. The first-order chi connectivity index (χ1) is 14.4. The molecule has 8 nitrogen and oxygen atoms in total. The minimum Gasteiger partial charge on any atom is -0.377 e. The van der Waals surface area contributed by atoms with Gasteiger partial charge in [-0.3, -0.25) is 4.79 Å². The fraction of sp³-hybridized carbons (Fsp3) is 0.455. The monoisotopic (exact) mass is 410 g/mol. The molecule has 2 N–H and O–H groups in total. The number of anilines is 1. The van der Waals surface area contributed by atoms with Crippen LogP contribution >= 0.6 is 0 Å². The molecule has 160 valence electrons. The van der Waals surface area contributed by atoms with E-state index in [9.17, 15) is 4.79 Å². The average Bonchev–Trinajstić information content (AvgIpc) is 3.02. The van der Waals surface area contributed by atoms with Gasteiger partial charge in [0.1, 0.15) is 12.4 Å². The van der Waals surface area contributed by atoms with E-state index < -0.39 is 0 Å². The summed E-state index contributed by atoms with van der Waals surface area (Å²) in [5.41, 5.74) is 3.68. The Morgan fingerprint density at radius 1 is 1.13 bits per heavy atom. The number of carbonyl (C=O) groups excluding carboxylic acids is 1. The van der Waals surface area contributed by atoms with Gasteiger partial charge in [-0.2, -0.15) is 5.10 Å². The van der Waals surface area contributed by atoms with Crippen LogP contribution in [0.25, 0.3) is 16.7 Å². The van der Waals surface area contributed by atoms with Crippen molar-refractivity contribution >= 4 is 22.8 Å². The Morgan fingerprint density at radius 2 is 1.87 bits per heavy atom. The Balaban J connectivity index is 1.88. The minimum absolute atomic E-state index is 0.0584. The maximum atomic E-state index is 11.9. The molecule has 0 spiro atoms. The van der Waals surface area contributed by atoms with Gasteiger partial charge >= 0.3 is 0 Å². The Kier molecular flexibility index (Phi) is 6.99. The Bertz CT molecular complexity index is 1010. The van der Waals surface area contributed by atoms with Crippen LogP contribution in [-0.2, 0) is 16.1 Å². The zero-order valence-corrected chi connectivity index (χ0v) is 18.3.